The average molecular weight is 357 g/mol. The van der Waals surface area contributed by atoms with Gasteiger partial charge in [0.15, 0.2) is 0 Å². The molecule has 0 bridgehead atoms. The molecule has 1 amide bonds. The number of nitrogens with zero attached hydrogens (tertiary/aromatic N) is 2. The van der Waals surface area contributed by atoms with Crippen molar-refractivity contribution >= 4 is 35.6 Å². The average Bonchev–Trinajstić information content (AvgIpc) is 3.10. The van der Waals surface area contributed by atoms with Gasteiger partial charge in [-0.05, 0) is 42.6 Å². The summed E-state index contributed by atoms with van der Waals surface area (Å²) in [6.45, 7) is 2.52. The van der Waals surface area contributed by atoms with Crippen molar-refractivity contribution in [3.63, 3.8) is 0 Å². The van der Waals surface area contributed by atoms with Gasteiger partial charge in [-0.15, -0.1) is 24.0 Å². The van der Waals surface area contributed by atoms with Crippen LogP contribution in [0.5, 0.6) is 5.75 Å². The topological polar surface area (TPSA) is 65.4 Å². The van der Waals surface area contributed by atoms with Crippen LogP contribution in [-0.4, -0.2) is 12.5 Å². The van der Waals surface area contributed by atoms with E-state index in [1.807, 2.05) is 59.7 Å². The van der Waals surface area contributed by atoms with Crippen molar-refractivity contribution in [3.8, 4) is 11.8 Å². The maximum Gasteiger partial charge on any atom is 0.266 e. The molecule has 5 nitrogen and oxygen atoms in total. The molecule has 122 valence electrons. The molecule has 1 aromatic carbocycles. The minimum atomic E-state index is -0.414. The normalized spacial score (nSPS) is 17.5. The van der Waals surface area contributed by atoms with E-state index in [2.05, 4.69) is 17.9 Å². The van der Waals surface area contributed by atoms with Crippen LogP contribution in [0.3, 0.4) is 0 Å². The second kappa shape index (κ2) is 6.99. The van der Waals surface area contributed by atoms with Gasteiger partial charge in [0.25, 0.3) is 5.91 Å². The van der Waals surface area contributed by atoms with Gasteiger partial charge in [0.05, 0.1) is 11.6 Å². The number of nitrogens with one attached hydrogen (secondary N) is 1. The molecule has 1 aliphatic rings. The largest absolute Gasteiger partial charge is 0.494 e. The number of rotatable bonds is 4. The number of benzene rings is 1. The van der Waals surface area contributed by atoms with E-state index in [0.29, 0.717) is 11.6 Å². The summed E-state index contributed by atoms with van der Waals surface area (Å²) in [5, 5.41) is 14.4. The third-order valence-corrected chi connectivity index (χ3v) is 4.92. The molecule has 1 aromatic heterocycles. The van der Waals surface area contributed by atoms with E-state index < -0.39 is 12.1 Å². The van der Waals surface area contributed by atoms with Gasteiger partial charge < -0.3 is 15.0 Å². The first-order valence-corrected chi connectivity index (χ1v) is 8.68. The summed E-state index contributed by atoms with van der Waals surface area (Å²) in [5.41, 5.74) is 0.814. The van der Waals surface area contributed by atoms with Crippen molar-refractivity contribution in [2.45, 2.75) is 13.1 Å². The van der Waals surface area contributed by atoms with Crippen molar-refractivity contribution in [2.24, 2.45) is 0 Å². The SMILES string of the molecule is CCOc1ccc(N2C(S)=C(C#N)C(=O)N[C@@H]2c2cccs2)cc1. The monoisotopic (exact) mass is 357 g/mol. The summed E-state index contributed by atoms with van der Waals surface area (Å²) in [7, 11) is 0. The second-order valence-electron chi connectivity index (χ2n) is 5.00. The van der Waals surface area contributed by atoms with E-state index in [0.717, 1.165) is 16.3 Å². The molecule has 0 radical (unpaired) electrons. The molecular formula is C17H15N3O2S2. The molecule has 2 aromatic rings. The maximum absolute atomic E-state index is 12.2. The van der Waals surface area contributed by atoms with Crippen LogP contribution in [-0.2, 0) is 4.79 Å². The fraction of sp³-hybridized carbons (Fsp3) is 0.176. The predicted octanol–water partition coefficient (Wildman–Crippen LogP) is 3.45. The zero-order valence-corrected chi connectivity index (χ0v) is 14.6. The van der Waals surface area contributed by atoms with Gasteiger partial charge in [0.1, 0.15) is 23.6 Å². The Kier molecular flexibility index (Phi) is 4.79. The molecule has 7 heteroatoms. The van der Waals surface area contributed by atoms with E-state index >= 15 is 0 Å². The van der Waals surface area contributed by atoms with Crippen LogP contribution < -0.4 is 15.0 Å². The van der Waals surface area contributed by atoms with E-state index in [1.54, 1.807) is 0 Å². The number of ether oxygens (including phenoxy) is 1. The minimum absolute atomic E-state index is 0.0000224. The molecule has 1 atom stereocenters. The molecule has 1 aliphatic heterocycles. The molecule has 2 heterocycles. The molecule has 0 spiro atoms. The van der Waals surface area contributed by atoms with E-state index in [1.165, 1.54) is 11.3 Å². The summed E-state index contributed by atoms with van der Waals surface area (Å²) in [5.74, 6) is 0.350. The van der Waals surface area contributed by atoms with Crippen LogP contribution in [0.1, 0.15) is 18.0 Å². The Morgan fingerprint density at radius 3 is 2.71 bits per heavy atom. The smallest absolute Gasteiger partial charge is 0.266 e. The molecule has 24 heavy (non-hydrogen) atoms. The molecule has 0 unspecified atom stereocenters. The summed E-state index contributed by atoms with van der Waals surface area (Å²) < 4.78 is 5.46. The molecule has 1 N–H and O–H groups in total. The standard InChI is InChI=1S/C17H15N3O2S2/c1-2-22-12-7-5-11(6-8-12)20-15(14-4-3-9-24-14)19-16(21)13(10-18)17(20)23/h3-9,15,23H,2H2,1H3,(H,19,21)/t15-/m0/s1. The highest BCUT2D eigenvalue weighted by Gasteiger charge is 2.34. The number of carbonyl (C=O) groups is 1. The highest BCUT2D eigenvalue weighted by atomic mass is 32.1. The van der Waals surface area contributed by atoms with Crippen molar-refractivity contribution in [1.29, 1.82) is 5.26 Å². The van der Waals surface area contributed by atoms with Crippen molar-refractivity contribution < 1.29 is 9.53 Å². The number of anilines is 1. The second-order valence-corrected chi connectivity index (χ2v) is 6.40. The first kappa shape index (κ1) is 16.4. The lowest BCUT2D eigenvalue weighted by atomic mass is 10.1. The summed E-state index contributed by atoms with van der Waals surface area (Å²) in [6, 6.07) is 13.3. The lowest BCUT2D eigenvalue weighted by Gasteiger charge is -2.37. The summed E-state index contributed by atoms with van der Waals surface area (Å²) in [6.07, 6.45) is -0.403. The van der Waals surface area contributed by atoms with Crippen molar-refractivity contribution in [3.05, 3.63) is 57.3 Å². The zero-order valence-electron chi connectivity index (χ0n) is 12.9. The highest BCUT2D eigenvalue weighted by Crippen LogP contribution is 2.37. The maximum atomic E-state index is 12.2. The Bertz CT molecular complexity index is 807. The van der Waals surface area contributed by atoms with E-state index in [-0.39, 0.29) is 5.57 Å². The van der Waals surface area contributed by atoms with Gasteiger partial charge in [0.2, 0.25) is 0 Å². The molecule has 0 fully saturated rings. The number of thiol groups is 1. The molecular weight excluding hydrogens is 342 g/mol. The van der Waals surface area contributed by atoms with Crippen LogP contribution in [0.4, 0.5) is 5.69 Å². The predicted molar refractivity (Wildman–Crippen MR) is 96.9 cm³/mol. The Hall–Kier alpha value is -2.43. The Balaban J connectivity index is 2.06. The Morgan fingerprint density at radius 2 is 2.12 bits per heavy atom. The highest BCUT2D eigenvalue weighted by molar-refractivity contribution is 7.84. The number of thiophene rings is 1. The van der Waals surface area contributed by atoms with Crippen LogP contribution >= 0.6 is 24.0 Å². The molecule has 0 aliphatic carbocycles. The van der Waals surface area contributed by atoms with Crippen molar-refractivity contribution in [1.82, 2.24) is 5.32 Å². The molecule has 0 saturated heterocycles. The summed E-state index contributed by atoms with van der Waals surface area (Å²) >= 11 is 5.99. The van der Waals surface area contributed by atoms with Crippen LogP contribution in [0, 0.1) is 11.3 Å². The van der Waals surface area contributed by atoms with Crippen LogP contribution in [0.25, 0.3) is 0 Å². The van der Waals surface area contributed by atoms with Gasteiger partial charge in [-0.1, -0.05) is 6.07 Å². The first-order chi connectivity index (χ1) is 11.7. The molecule has 3 rings (SSSR count). The first-order valence-electron chi connectivity index (χ1n) is 7.35. The minimum Gasteiger partial charge on any atom is -0.494 e. The number of hydrogen-bond acceptors (Lipinski definition) is 6. The van der Waals surface area contributed by atoms with Crippen molar-refractivity contribution in [2.75, 3.05) is 11.5 Å². The Labute approximate surface area is 149 Å². The van der Waals surface area contributed by atoms with Gasteiger partial charge >= 0.3 is 0 Å². The number of carbonyl (C=O) groups excluding carboxylic acids is 1. The zero-order chi connectivity index (χ0) is 17.1. The number of amides is 1. The van der Waals surface area contributed by atoms with E-state index in [9.17, 15) is 10.1 Å². The lowest BCUT2D eigenvalue weighted by Crippen LogP contribution is -2.45. The summed E-state index contributed by atoms with van der Waals surface area (Å²) in [4.78, 5) is 15.0. The van der Waals surface area contributed by atoms with Gasteiger partial charge in [0, 0.05) is 10.6 Å². The number of nitriles is 1. The molecule has 0 saturated carbocycles. The third-order valence-electron chi connectivity index (χ3n) is 3.56. The van der Waals surface area contributed by atoms with Gasteiger partial charge in [-0.2, -0.15) is 5.26 Å². The lowest BCUT2D eigenvalue weighted by molar-refractivity contribution is -0.118. The van der Waals surface area contributed by atoms with Crippen LogP contribution in [0.15, 0.2) is 52.4 Å². The van der Waals surface area contributed by atoms with Gasteiger partial charge in [-0.25, -0.2) is 0 Å². The van der Waals surface area contributed by atoms with Gasteiger partial charge in [-0.3, -0.25) is 4.79 Å². The fourth-order valence-corrected chi connectivity index (χ4v) is 3.64. The quantitative estimate of drug-likeness (QED) is 0.823. The Morgan fingerprint density at radius 1 is 1.38 bits per heavy atom. The van der Waals surface area contributed by atoms with Crippen LogP contribution in [0.2, 0.25) is 0 Å². The third kappa shape index (κ3) is 2.98. The number of hydrogen-bond donors (Lipinski definition) is 2. The fourth-order valence-electron chi connectivity index (χ4n) is 2.49. The van der Waals surface area contributed by atoms with E-state index in [4.69, 9.17) is 4.74 Å².